The van der Waals surface area contributed by atoms with Gasteiger partial charge in [0.2, 0.25) is 5.91 Å². The molecule has 1 atom stereocenters. The Kier molecular flexibility index (Phi) is 5.25. The van der Waals surface area contributed by atoms with E-state index in [0.717, 1.165) is 0 Å². The van der Waals surface area contributed by atoms with Crippen LogP contribution < -0.4 is 11.1 Å². The lowest BCUT2D eigenvalue weighted by Crippen LogP contribution is -2.32. The van der Waals surface area contributed by atoms with Crippen molar-refractivity contribution in [2.45, 2.75) is 19.9 Å². The summed E-state index contributed by atoms with van der Waals surface area (Å²) in [4.78, 5) is 11.2. The van der Waals surface area contributed by atoms with Gasteiger partial charge in [-0.05, 0) is 37.6 Å². The van der Waals surface area contributed by atoms with Gasteiger partial charge in [0.1, 0.15) is 5.82 Å². The number of aryl methyl sites for hydroxylation is 1. The van der Waals surface area contributed by atoms with E-state index in [-0.39, 0.29) is 24.1 Å². The van der Waals surface area contributed by atoms with Gasteiger partial charge in [-0.25, -0.2) is 4.39 Å². The zero-order valence-electron chi connectivity index (χ0n) is 8.58. The van der Waals surface area contributed by atoms with Gasteiger partial charge in [-0.1, -0.05) is 0 Å². The number of hydrogen-bond acceptors (Lipinski definition) is 2. The highest BCUT2D eigenvalue weighted by Crippen LogP contribution is 2.15. The van der Waals surface area contributed by atoms with Gasteiger partial charge in [-0.2, -0.15) is 0 Å². The average Bonchev–Trinajstić information content (AvgIpc) is 2.09. The van der Waals surface area contributed by atoms with Crippen molar-refractivity contribution in [1.82, 2.24) is 0 Å². The summed E-state index contributed by atoms with van der Waals surface area (Å²) in [5.74, 6) is -0.596. The van der Waals surface area contributed by atoms with Crippen LogP contribution in [0.5, 0.6) is 0 Å². The molecule has 0 heterocycles. The Hall–Kier alpha value is -1.13. The second-order valence-electron chi connectivity index (χ2n) is 3.24. The summed E-state index contributed by atoms with van der Waals surface area (Å²) in [5.41, 5.74) is 6.65. The lowest BCUT2D eigenvalue weighted by atomic mass is 10.2. The molecule has 1 amide bonds. The summed E-state index contributed by atoms with van der Waals surface area (Å²) in [6, 6.07) is 3.60. The zero-order chi connectivity index (χ0) is 10.7. The molecule has 0 unspecified atom stereocenters. The Bertz CT molecular complexity index is 355. The third-order valence-electron chi connectivity index (χ3n) is 1.86. The second-order valence-corrected chi connectivity index (χ2v) is 3.24. The maximum absolute atomic E-state index is 12.7. The van der Waals surface area contributed by atoms with E-state index in [1.165, 1.54) is 18.2 Å². The lowest BCUT2D eigenvalue weighted by Gasteiger charge is -2.09. The zero-order valence-corrected chi connectivity index (χ0v) is 9.40. The highest BCUT2D eigenvalue weighted by Gasteiger charge is 2.08. The minimum atomic E-state index is -0.570. The summed E-state index contributed by atoms with van der Waals surface area (Å²) in [5, 5.41) is 2.61. The van der Waals surface area contributed by atoms with Crippen LogP contribution in [-0.2, 0) is 4.79 Å². The number of carbonyl (C=O) groups excluding carboxylic acids is 1. The molecule has 0 fully saturated rings. The van der Waals surface area contributed by atoms with Crippen molar-refractivity contribution in [3.8, 4) is 0 Å². The van der Waals surface area contributed by atoms with Gasteiger partial charge >= 0.3 is 0 Å². The highest BCUT2D eigenvalue weighted by atomic mass is 35.5. The first-order valence-corrected chi connectivity index (χ1v) is 4.33. The Morgan fingerprint density at radius 3 is 2.60 bits per heavy atom. The van der Waals surface area contributed by atoms with Crippen molar-refractivity contribution in [2.24, 2.45) is 5.73 Å². The number of anilines is 1. The van der Waals surface area contributed by atoms with Gasteiger partial charge < -0.3 is 11.1 Å². The summed E-state index contributed by atoms with van der Waals surface area (Å²) in [7, 11) is 0. The predicted octanol–water partition coefficient (Wildman–Crippen LogP) is 1.84. The summed E-state index contributed by atoms with van der Waals surface area (Å²) < 4.78 is 12.7. The standard InChI is InChI=1S/C10H13FN2O.ClH/c1-6-5-8(11)3-4-9(6)13-10(14)7(2)12;/h3-5,7H,12H2,1-2H3,(H,13,14);1H/t7-;/m0./s1. The van der Waals surface area contributed by atoms with Crippen LogP contribution in [0.1, 0.15) is 12.5 Å². The van der Waals surface area contributed by atoms with E-state index in [9.17, 15) is 9.18 Å². The Morgan fingerprint density at radius 1 is 1.53 bits per heavy atom. The first kappa shape index (κ1) is 13.9. The number of hydrogen-bond donors (Lipinski definition) is 2. The molecule has 0 aromatic heterocycles. The fourth-order valence-corrected chi connectivity index (χ4v) is 1.01. The van der Waals surface area contributed by atoms with Crippen LogP contribution in [0.3, 0.4) is 0 Å². The van der Waals surface area contributed by atoms with Crippen molar-refractivity contribution >= 4 is 24.0 Å². The molecule has 5 heteroatoms. The molecule has 0 saturated carbocycles. The van der Waals surface area contributed by atoms with Crippen LogP contribution in [-0.4, -0.2) is 11.9 Å². The van der Waals surface area contributed by atoms with E-state index in [2.05, 4.69) is 5.32 Å². The largest absolute Gasteiger partial charge is 0.325 e. The van der Waals surface area contributed by atoms with Crippen molar-refractivity contribution in [1.29, 1.82) is 0 Å². The first-order chi connectivity index (χ1) is 6.50. The molecule has 0 aliphatic rings. The monoisotopic (exact) mass is 232 g/mol. The number of benzene rings is 1. The third kappa shape index (κ3) is 3.85. The molecular formula is C10H14ClFN2O. The van der Waals surface area contributed by atoms with E-state index >= 15 is 0 Å². The minimum Gasteiger partial charge on any atom is -0.325 e. The molecule has 84 valence electrons. The highest BCUT2D eigenvalue weighted by molar-refractivity contribution is 5.94. The van der Waals surface area contributed by atoms with Gasteiger partial charge in [-0.15, -0.1) is 12.4 Å². The number of amides is 1. The third-order valence-corrected chi connectivity index (χ3v) is 1.86. The van der Waals surface area contributed by atoms with E-state index in [1.54, 1.807) is 13.8 Å². The molecule has 1 rings (SSSR count). The maximum atomic E-state index is 12.7. The molecule has 0 aliphatic heterocycles. The second kappa shape index (κ2) is 5.68. The molecule has 0 aliphatic carbocycles. The number of nitrogens with one attached hydrogen (secondary N) is 1. The fraction of sp³-hybridized carbons (Fsp3) is 0.300. The fourth-order valence-electron chi connectivity index (χ4n) is 1.01. The minimum absolute atomic E-state index is 0. The van der Waals surface area contributed by atoms with Crippen LogP contribution >= 0.6 is 12.4 Å². The van der Waals surface area contributed by atoms with E-state index < -0.39 is 6.04 Å². The summed E-state index contributed by atoms with van der Waals surface area (Å²) in [6.45, 7) is 3.31. The molecule has 3 nitrogen and oxygen atoms in total. The average molecular weight is 233 g/mol. The van der Waals surface area contributed by atoms with Crippen molar-refractivity contribution < 1.29 is 9.18 Å². The van der Waals surface area contributed by atoms with Crippen LogP contribution in [0.4, 0.5) is 10.1 Å². The molecule has 3 N–H and O–H groups in total. The normalized spacial score (nSPS) is 11.5. The molecule has 0 bridgehead atoms. The molecule has 0 saturated heterocycles. The molecule has 0 spiro atoms. The SMILES string of the molecule is Cc1cc(F)ccc1NC(=O)[C@H](C)N.Cl. The van der Waals surface area contributed by atoms with Gasteiger partial charge in [0.25, 0.3) is 0 Å². The number of rotatable bonds is 2. The molecular weight excluding hydrogens is 219 g/mol. The van der Waals surface area contributed by atoms with Crippen LogP contribution in [0, 0.1) is 12.7 Å². The lowest BCUT2D eigenvalue weighted by molar-refractivity contribution is -0.117. The van der Waals surface area contributed by atoms with Gasteiger partial charge in [0, 0.05) is 5.69 Å². The summed E-state index contributed by atoms with van der Waals surface area (Å²) in [6.07, 6.45) is 0. The number of nitrogens with two attached hydrogens (primary N) is 1. The van der Waals surface area contributed by atoms with Crippen LogP contribution in [0.15, 0.2) is 18.2 Å². The van der Waals surface area contributed by atoms with E-state index in [0.29, 0.717) is 11.3 Å². The topological polar surface area (TPSA) is 55.1 Å². The number of halogens is 2. The summed E-state index contributed by atoms with van der Waals surface area (Å²) >= 11 is 0. The van der Waals surface area contributed by atoms with Gasteiger partial charge in [0.15, 0.2) is 0 Å². The Balaban J connectivity index is 0.00000196. The van der Waals surface area contributed by atoms with Crippen molar-refractivity contribution in [3.63, 3.8) is 0 Å². The van der Waals surface area contributed by atoms with E-state index in [4.69, 9.17) is 5.73 Å². The van der Waals surface area contributed by atoms with Crippen molar-refractivity contribution in [2.75, 3.05) is 5.32 Å². The smallest absolute Gasteiger partial charge is 0.241 e. The van der Waals surface area contributed by atoms with Crippen LogP contribution in [0.2, 0.25) is 0 Å². The van der Waals surface area contributed by atoms with Crippen molar-refractivity contribution in [3.05, 3.63) is 29.6 Å². The molecule has 15 heavy (non-hydrogen) atoms. The quantitative estimate of drug-likeness (QED) is 0.818. The Morgan fingerprint density at radius 2 is 2.13 bits per heavy atom. The van der Waals surface area contributed by atoms with Crippen LogP contribution in [0.25, 0.3) is 0 Å². The predicted molar refractivity (Wildman–Crippen MR) is 60.7 cm³/mol. The van der Waals surface area contributed by atoms with Gasteiger partial charge in [-0.3, -0.25) is 4.79 Å². The molecule has 0 radical (unpaired) electrons. The molecule has 1 aromatic carbocycles. The first-order valence-electron chi connectivity index (χ1n) is 4.33. The van der Waals surface area contributed by atoms with E-state index in [1.807, 2.05) is 0 Å². The maximum Gasteiger partial charge on any atom is 0.241 e. The number of carbonyl (C=O) groups is 1. The Labute approximate surface area is 94.3 Å². The van der Waals surface area contributed by atoms with Gasteiger partial charge in [0.05, 0.1) is 6.04 Å². The molecule has 1 aromatic rings.